The van der Waals surface area contributed by atoms with Crippen molar-refractivity contribution >= 4 is 27.9 Å². The van der Waals surface area contributed by atoms with Crippen molar-refractivity contribution in [3.63, 3.8) is 0 Å². The maximum absolute atomic E-state index is 5.89. The molecule has 0 fully saturated rings. The summed E-state index contributed by atoms with van der Waals surface area (Å²) in [5, 5.41) is 0. The lowest BCUT2D eigenvalue weighted by atomic mass is 10.2. The minimum atomic E-state index is 0.271. The topological polar surface area (TPSA) is 30.8 Å². The molecule has 0 aliphatic carbocycles. The summed E-state index contributed by atoms with van der Waals surface area (Å²) < 4.78 is 12.8. The van der Waals surface area contributed by atoms with E-state index in [1.165, 1.54) is 17.2 Å². The smallest absolute Gasteiger partial charge is 0.124 e. The van der Waals surface area contributed by atoms with Crippen molar-refractivity contribution in [2.24, 2.45) is 4.99 Å². The fourth-order valence-corrected chi connectivity index (χ4v) is 3.99. The van der Waals surface area contributed by atoms with Crippen LogP contribution in [0.4, 0.5) is 0 Å². The molecule has 5 heteroatoms. The lowest BCUT2D eigenvalue weighted by Crippen LogP contribution is -2.11. The Morgan fingerprint density at radius 3 is 2.73 bits per heavy atom. The largest absolute Gasteiger partial charge is 0.493 e. The van der Waals surface area contributed by atoms with Crippen molar-refractivity contribution in [3.05, 3.63) is 24.3 Å². The number of rotatable bonds is 9. The summed E-state index contributed by atoms with van der Waals surface area (Å²) >= 11 is 3.63. The predicted molar refractivity (Wildman–Crippen MR) is 98.8 cm³/mol. The first kappa shape index (κ1) is 17.5. The van der Waals surface area contributed by atoms with Crippen LogP contribution in [0, 0.1) is 0 Å². The SMILES string of the molecule is CCCCC(C)Oc1ccc(OCCSC2=NCCS2)cc1. The van der Waals surface area contributed by atoms with Gasteiger partial charge in [-0.3, -0.25) is 4.99 Å². The number of aliphatic imine (C=N–C) groups is 1. The molecular weight excluding hydrogens is 314 g/mol. The number of thioether (sulfide) groups is 2. The van der Waals surface area contributed by atoms with Crippen LogP contribution in [-0.2, 0) is 0 Å². The summed E-state index contributed by atoms with van der Waals surface area (Å²) in [6.07, 6.45) is 3.80. The average molecular weight is 340 g/mol. The van der Waals surface area contributed by atoms with Gasteiger partial charge < -0.3 is 9.47 Å². The molecule has 0 saturated carbocycles. The number of ether oxygens (including phenoxy) is 2. The van der Waals surface area contributed by atoms with Gasteiger partial charge in [0, 0.05) is 11.5 Å². The average Bonchev–Trinajstić information content (AvgIpc) is 3.04. The maximum Gasteiger partial charge on any atom is 0.124 e. The third-order valence-corrected chi connectivity index (χ3v) is 5.48. The molecule has 3 nitrogen and oxygen atoms in total. The van der Waals surface area contributed by atoms with Gasteiger partial charge in [-0.25, -0.2) is 0 Å². The van der Waals surface area contributed by atoms with E-state index in [-0.39, 0.29) is 6.10 Å². The zero-order valence-electron chi connectivity index (χ0n) is 13.4. The Hall–Kier alpha value is -0.810. The van der Waals surface area contributed by atoms with E-state index >= 15 is 0 Å². The Balaban J connectivity index is 1.65. The van der Waals surface area contributed by atoms with E-state index in [4.69, 9.17) is 9.47 Å². The van der Waals surface area contributed by atoms with Crippen LogP contribution in [0.2, 0.25) is 0 Å². The zero-order valence-corrected chi connectivity index (χ0v) is 15.0. The molecule has 1 aliphatic rings. The maximum atomic E-state index is 5.89. The second-order valence-electron chi connectivity index (χ2n) is 5.24. The first-order chi connectivity index (χ1) is 10.8. The van der Waals surface area contributed by atoms with E-state index in [0.717, 1.165) is 36.0 Å². The zero-order chi connectivity index (χ0) is 15.6. The van der Waals surface area contributed by atoms with Crippen LogP contribution >= 0.6 is 23.5 Å². The van der Waals surface area contributed by atoms with Gasteiger partial charge in [-0.05, 0) is 37.6 Å². The van der Waals surface area contributed by atoms with Crippen molar-refractivity contribution in [1.82, 2.24) is 0 Å². The molecule has 2 rings (SSSR count). The predicted octanol–water partition coefficient (Wildman–Crippen LogP) is 4.86. The van der Waals surface area contributed by atoms with E-state index in [1.807, 2.05) is 36.0 Å². The highest BCUT2D eigenvalue weighted by atomic mass is 32.2. The summed E-state index contributed by atoms with van der Waals surface area (Å²) in [6, 6.07) is 7.94. The minimum Gasteiger partial charge on any atom is -0.493 e. The highest BCUT2D eigenvalue weighted by molar-refractivity contribution is 8.39. The van der Waals surface area contributed by atoms with Gasteiger partial charge in [0.15, 0.2) is 0 Å². The first-order valence-corrected chi connectivity index (χ1v) is 9.94. The standard InChI is InChI=1S/C17H25NO2S2/c1-3-4-5-14(2)20-16-8-6-15(7-9-16)19-11-13-22-17-18-10-12-21-17/h6-9,14H,3-5,10-13H2,1-2H3. The normalized spacial score (nSPS) is 15.5. The van der Waals surface area contributed by atoms with E-state index in [9.17, 15) is 0 Å². The molecule has 0 amide bonds. The number of benzene rings is 1. The molecule has 0 N–H and O–H groups in total. The van der Waals surface area contributed by atoms with E-state index in [1.54, 1.807) is 11.8 Å². The molecule has 0 radical (unpaired) electrons. The molecule has 122 valence electrons. The van der Waals surface area contributed by atoms with Crippen molar-refractivity contribution in [2.75, 3.05) is 24.7 Å². The second kappa shape index (κ2) is 10.1. The Morgan fingerprint density at radius 2 is 2.05 bits per heavy atom. The fourth-order valence-electron chi connectivity index (χ4n) is 2.09. The Labute approximate surface area is 142 Å². The van der Waals surface area contributed by atoms with Gasteiger partial charge in [0.2, 0.25) is 0 Å². The van der Waals surface area contributed by atoms with Crippen molar-refractivity contribution in [2.45, 2.75) is 39.2 Å². The summed E-state index contributed by atoms with van der Waals surface area (Å²) in [4.78, 5) is 4.41. The molecule has 0 spiro atoms. The molecule has 0 aromatic heterocycles. The van der Waals surface area contributed by atoms with E-state index in [2.05, 4.69) is 18.8 Å². The molecular formula is C17H25NO2S2. The molecule has 1 aromatic rings. The molecule has 1 aromatic carbocycles. The quantitative estimate of drug-likeness (QED) is 0.601. The van der Waals surface area contributed by atoms with Crippen molar-refractivity contribution in [3.8, 4) is 11.5 Å². The van der Waals surface area contributed by atoms with Crippen molar-refractivity contribution in [1.29, 1.82) is 0 Å². The molecule has 1 heterocycles. The minimum absolute atomic E-state index is 0.271. The number of nitrogens with zero attached hydrogens (tertiary/aromatic N) is 1. The molecule has 1 atom stereocenters. The highest BCUT2D eigenvalue weighted by Gasteiger charge is 2.07. The van der Waals surface area contributed by atoms with Crippen LogP contribution in [-0.4, -0.2) is 35.1 Å². The van der Waals surface area contributed by atoms with Crippen LogP contribution in [0.5, 0.6) is 11.5 Å². The van der Waals surface area contributed by atoms with Crippen LogP contribution < -0.4 is 9.47 Å². The van der Waals surface area contributed by atoms with E-state index in [0.29, 0.717) is 6.61 Å². The van der Waals surface area contributed by atoms with Gasteiger partial charge in [0.1, 0.15) is 15.9 Å². The molecule has 1 unspecified atom stereocenters. The van der Waals surface area contributed by atoms with Gasteiger partial charge in [0.25, 0.3) is 0 Å². The number of hydrogen-bond acceptors (Lipinski definition) is 5. The summed E-state index contributed by atoms with van der Waals surface area (Å²) in [7, 11) is 0. The van der Waals surface area contributed by atoms with Crippen molar-refractivity contribution < 1.29 is 9.47 Å². The van der Waals surface area contributed by atoms with Gasteiger partial charge in [-0.2, -0.15) is 0 Å². The molecule has 0 bridgehead atoms. The number of unbranched alkanes of at least 4 members (excludes halogenated alkanes) is 1. The first-order valence-electron chi connectivity index (χ1n) is 7.97. The lowest BCUT2D eigenvalue weighted by Gasteiger charge is -2.14. The summed E-state index contributed by atoms with van der Waals surface area (Å²) in [5.74, 6) is 3.89. The summed E-state index contributed by atoms with van der Waals surface area (Å²) in [6.45, 7) is 6.00. The lowest BCUT2D eigenvalue weighted by molar-refractivity contribution is 0.207. The van der Waals surface area contributed by atoms with Crippen LogP contribution in [0.3, 0.4) is 0 Å². The van der Waals surface area contributed by atoms with Crippen LogP contribution in [0.15, 0.2) is 29.3 Å². The Bertz CT molecular complexity index is 462. The van der Waals surface area contributed by atoms with Gasteiger partial charge >= 0.3 is 0 Å². The molecule has 1 aliphatic heterocycles. The molecule has 22 heavy (non-hydrogen) atoms. The second-order valence-corrected chi connectivity index (χ2v) is 7.66. The number of hydrogen-bond donors (Lipinski definition) is 0. The third kappa shape index (κ3) is 6.53. The third-order valence-electron chi connectivity index (χ3n) is 3.26. The monoisotopic (exact) mass is 339 g/mol. The summed E-state index contributed by atoms with van der Waals surface area (Å²) in [5.41, 5.74) is 0. The van der Waals surface area contributed by atoms with E-state index < -0.39 is 0 Å². The Morgan fingerprint density at radius 1 is 1.27 bits per heavy atom. The molecule has 0 saturated heterocycles. The van der Waals surface area contributed by atoms with Gasteiger partial charge in [-0.15, -0.1) is 0 Å². The Kier molecular flexibility index (Phi) is 8.02. The van der Waals surface area contributed by atoms with Gasteiger partial charge in [0.05, 0.1) is 19.3 Å². The highest BCUT2D eigenvalue weighted by Crippen LogP contribution is 2.23. The van der Waals surface area contributed by atoms with Crippen LogP contribution in [0.25, 0.3) is 0 Å². The van der Waals surface area contributed by atoms with Gasteiger partial charge in [-0.1, -0.05) is 43.3 Å². The van der Waals surface area contributed by atoms with Crippen LogP contribution in [0.1, 0.15) is 33.1 Å². The fraction of sp³-hybridized carbons (Fsp3) is 0.588.